The van der Waals surface area contributed by atoms with E-state index in [4.69, 9.17) is 4.74 Å². The molecule has 2 atom stereocenters. The van der Waals surface area contributed by atoms with Gasteiger partial charge in [-0.1, -0.05) is 36.4 Å². The third-order valence-corrected chi connectivity index (χ3v) is 8.15. The number of halogens is 3. The average molecular weight is 497 g/mol. The van der Waals surface area contributed by atoms with E-state index in [0.717, 1.165) is 11.6 Å². The van der Waals surface area contributed by atoms with E-state index in [9.17, 15) is 26.4 Å². The van der Waals surface area contributed by atoms with Crippen LogP contribution in [-0.2, 0) is 27.2 Å². The maximum atomic E-state index is 13.5. The van der Waals surface area contributed by atoms with E-state index in [1.807, 2.05) is 18.0 Å². The number of fused-ring (bicyclic) bond motifs is 1. The summed E-state index contributed by atoms with van der Waals surface area (Å²) in [6, 6.07) is 10.5. The van der Waals surface area contributed by atoms with Gasteiger partial charge in [-0.2, -0.15) is 13.2 Å². The van der Waals surface area contributed by atoms with Crippen molar-refractivity contribution in [3.8, 4) is 16.9 Å². The van der Waals surface area contributed by atoms with Crippen molar-refractivity contribution in [2.75, 3.05) is 31.6 Å². The topological polar surface area (TPSA) is 75.7 Å². The van der Waals surface area contributed by atoms with Gasteiger partial charge in [-0.05, 0) is 30.7 Å². The number of sulfone groups is 1. The van der Waals surface area contributed by atoms with Gasteiger partial charge < -0.3 is 15.0 Å². The zero-order valence-corrected chi connectivity index (χ0v) is 19.6. The van der Waals surface area contributed by atoms with Crippen molar-refractivity contribution in [2.45, 2.75) is 37.6 Å². The minimum Gasteiger partial charge on any atom is -0.487 e. The summed E-state index contributed by atoms with van der Waals surface area (Å²) >= 11 is 0. The quantitative estimate of drug-likeness (QED) is 0.637. The lowest BCUT2D eigenvalue weighted by molar-refractivity contribution is -0.137. The number of ether oxygens (including phenoxy) is 1. The lowest BCUT2D eigenvalue weighted by Crippen LogP contribution is -2.38. The molecule has 1 fully saturated rings. The second-order valence-corrected chi connectivity index (χ2v) is 11.1. The molecule has 0 spiro atoms. The molecule has 0 radical (unpaired) electrons. The Hall–Kier alpha value is -2.59. The lowest BCUT2D eigenvalue weighted by Gasteiger charge is -2.22. The molecule has 1 amide bonds. The van der Waals surface area contributed by atoms with Crippen molar-refractivity contribution in [1.29, 1.82) is 0 Å². The molecule has 1 saturated heterocycles. The molecule has 0 aromatic heterocycles. The number of carbonyl (C=O) groups excluding carboxylic acids is 1. The molecule has 2 aliphatic rings. The van der Waals surface area contributed by atoms with Gasteiger partial charge in [0.15, 0.2) is 9.84 Å². The molecule has 4 rings (SSSR count). The molecule has 34 heavy (non-hydrogen) atoms. The maximum absolute atomic E-state index is 13.5. The van der Waals surface area contributed by atoms with Gasteiger partial charge in [0.05, 0.1) is 23.6 Å². The Bertz CT molecular complexity index is 1170. The minimum atomic E-state index is -4.48. The molecular formula is C24H27F3N2O4S. The van der Waals surface area contributed by atoms with Crippen molar-refractivity contribution >= 4 is 15.7 Å². The molecule has 1 N–H and O–H groups in total. The molecule has 6 nitrogen and oxygen atoms in total. The van der Waals surface area contributed by atoms with Crippen molar-refractivity contribution < 1.29 is 31.1 Å². The number of alkyl halides is 3. The van der Waals surface area contributed by atoms with Gasteiger partial charge in [0, 0.05) is 31.0 Å². The number of nitrogens with one attached hydrogen (secondary N) is 1. The first kappa shape index (κ1) is 24.5. The number of carbonyl (C=O) groups is 1. The fraction of sp³-hybridized carbons (Fsp3) is 0.458. The van der Waals surface area contributed by atoms with Crippen LogP contribution in [0, 0.1) is 0 Å². The van der Waals surface area contributed by atoms with Gasteiger partial charge >= 0.3 is 6.18 Å². The van der Waals surface area contributed by atoms with Gasteiger partial charge in [-0.15, -0.1) is 0 Å². The van der Waals surface area contributed by atoms with Crippen LogP contribution in [0.25, 0.3) is 11.1 Å². The van der Waals surface area contributed by atoms with Crippen LogP contribution in [0.5, 0.6) is 5.75 Å². The second-order valence-electron chi connectivity index (χ2n) is 8.87. The summed E-state index contributed by atoms with van der Waals surface area (Å²) in [5.74, 6) is 0.540. The number of rotatable bonds is 7. The molecule has 2 heterocycles. The fourth-order valence-corrected chi connectivity index (χ4v) is 6.33. The smallest absolute Gasteiger partial charge is 0.417 e. The van der Waals surface area contributed by atoms with Crippen molar-refractivity contribution in [1.82, 2.24) is 10.2 Å². The highest BCUT2D eigenvalue weighted by atomic mass is 32.2. The number of hydrogen-bond acceptors (Lipinski definition) is 5. The third kappa shape index (κ3) is 5.55. The summed E-state index contributed by atoms with van der Waals surface area (Å²) in [6.45, 7) is 0.672. The number of nitrogens with zero attached hydrogens (tertiary/aromatic N) is 1. The molecule has 2 aromatic rings. The normalized spacial score (nSPS) is 21.3. The standard InChI is InChI=1S/C24H27F3N2O4S/c1-29(17-10-12-34(31,32)15-17)11-9-22(30)28-14-18-13-16-5-4-7-20(23(16)33-18)19-6-2-3-8-21(19)24(25,26)27/h2-8,17-18H,9-15H2,1H3,(H,28,30). The highest BCUT2D eigenvalue weighted by molar-refractivity contribution is 7.91. The van der Waals surface area contributed by atoms with Crippen LogP contribution in [0.15, 0.2) is 42.5 Å². The molecule has 0 saturated carbocycles. The highest BCUT2D eigenvalue weighted by Crippen LogP contribution is 2.43. The predicted octanol–water partition coefficient (Wildman–Crippen LogP) is 3.30. The maximum Gasteiger partial charge on any atom is 0.417 e. The van der Waals surface area contributed by atoms with E-state index in [2.05, 4.69) is 5.32 Å². The Morgan fingerprint density at radius 1 is 1.15 bits per heavy atom. The number of amides is 1. The highest BCUT2D eigenvalue weighted by Gasteiger charge is 2.35. The van der Waals surface area contributed by atoms with E-state index in [1.54, 1.807) is 18.2 Å². The van der Waals surface area contributed by atoms with Crippen LogP contribution < -0.4 is 10.1 Å². The Morgan fingerprint density at radius 3 is 2.59 bits per heavy atom. The predicted molar refractivity (Wildman–Crippen MR) is 122 cm³/mol. The van der Waals surface area contributed by atoms with Gasteiger partial charge in [-0.25, -0.2) is 8.42 Å². The molecule has 0 aliphatic carbocycles. The van der Waals surface area contributed by atoms with Gasteiger partial charge in [0.1, 0.15) is 11.9 Å². The van der Waals surface area contributed by atoms with Crippen molar-refractivity contribution in [2.24, 2.45) is 0 Å². The molecule has 2 aliphatic heterocycles. The average Bonchev–Trinajstić information content (AvgIpc) is 3.37. The largest absolute Gasteiger partial charge is 0.487 e. The summed E-state index contributed by atoms with van der Waals surface area (Å²) in [7, 11) is -1.17. The Morgan fingerprint density at radius 2 is 1.88 bits per heavy atom. The summed E-state index contributed by atoms with van der Waals surface area (Å²) in [5.41, 5.74) is 0.528. The zero-order valence-electron chi connectivity index (χ0n) is 18.8. The molecule has 10 heteroatoms. The van der Waals surface area contributed by atoms with E-state index in [1.165, 1.54) is 12.1 Å². The SMILES string of the molecule is CN(CCC(=O)NCC1Cc2cccc(-c3ccccc3C(F)(F)F)c2O1)C1CCS(=O)(=O)C1. The van der Waals surface area contributed by atoms with Gasteiger partial charge in [-0.3, -0.25) is 4.79 Å². The Balaban J connectivity index is 1.34. The van der Waals surface area contributed by atoms with Crippen LogP contribution in [0.4, 0.5) is 13.2 Å². The first-order valence-corrected chi connectivity index (χ1v) is 13.0. The Labute approximate surface area is 197 Å². The third-order valence-electron chi connectivity index (χ3n) is 6.40. The number of hydrogen-bond donors (Lipinski definition) is 1. The van der Waals surface area contributed by atoms with Crippen molar-refractivity contribution in [3.05, 3.63) is 53.6 Å². The lowest BCUT2D eigenvalue weighted by atomic mass is 9.96. The molecule has 184 valence electrons. The number of benzene rings is 2. The summed E-state index contributed by atoms with van der Waals surface area (Å²) in [4.78, 5) is 14.2. The first-order valence-electron chi connectivity index (χ1n) is 11.2. The fourth-order valence-electron chi connectivity index (χ4n) is 4.53. The zero-order chi connectivity index (χ0) is 24.5. The van der Waals surface area contributed by atoms with Crippen LogP contribution in [-0.4, -0.2) is 63.0 Å². The van der Waals surface area contributed by atoms with Crippen LogP contribution in [0.1, 0.15) is 24.0 Å². The monoisotopic (exact) mass is 496 g/mol. The van der Waals surface area contributed by atoms with Crippen molar-refractivity contribution in [3.63, 3.8) is 0 Å². The number of para-hydroxylation sites is 1. The molecular weight excluding hydrogens is 469 g/mol. The first-order chi connectivity index (χ1) is 16.0. The van der Waals surface area contributed by atoms with Crippen LogP contribution in [0.2, 0.25) is 0 Å². The Kier molecular flexibility index (Phi) is 6.91. The van der Waals surface area contributed by atoms with E-state index < -0.39 is 21.6 Å². The van der Waals surface area contributed by atoms with E-state index in [-0.39, 0.29) is 48.1 Å². The summed E-state index contributed by atoms with van der Waals surface area (Å²) in [6.07, 6.45) is -3.58. The summed E-state index contributed by atoms with van der Waals surface area (Å²) < 4.78 is 69.8. The second kappa shape index (κ2) is 9.58. The molecule has 2 aromatic carbocycles. The van der Waals surface area contributed by atoms with Crippen LogP contribution >= 0.6 is 0 Å². The van der Waals surface area contributed by atoms with E-state index >= 15 is 0 Å². The van der Waals surface area contributed by atoms with Gasteiger partial charge in [0.25, 0.3) is 0 Å². The van der Waals surface area contributed by atoms with Crippen LogP contribution in [0.3, 0.4) is 0 Å². The van der Waals surface area contributed by atoms with Gasteiger partial charge in [0.2, 0.25) is 5.91 Å². The van der Waals surface area contributed by atoms with E-state index in [0.29, 0.717) is 30.7 Å². The molecule has 0 bridgehead atoms. The molecule has 2 unspecified atom stereocenters. The summed E-state index contributed by atoms with van der Waals surface area (Å²) in [5, 5.41) is 2.83. The minimum absolute atomic E-state index is 0.0634.